The van der Waals surface area contributed by atoms with E-state index in [9.17, 15) is 9.59 Å². The van der Waals surface area contributed by atoms with Crippen molar-refractivity contribution in [3.05, 3.63) is 0 Å². The van der Waals surface area contributed by atoms with Crippen LogP contribution in [0.3, 0.4) is 0 Å². The molecule has 0 aromatic carbocycles. The van der Waals surface area contributed by atoms with Gasteiger partial charge in [0.25, 0.3) is 0 Å². The summed E-state index contributed by atoms with van der Waals surface area (Å²) in [4.78, 5) is 27.9. The summed E-state index contributed by atoms with van der Waals surface area (Å²) in [5.41, 5.74) is 5.63. The van der Waals surface area contributed by atoms with Gasteiger partial charge < -0.3 is 16.0 Å². The smallest absolute Gasteiger partial charge is 0.239 e. The molecule has 0 spiro atoms. The van der Waals surface area contributed by atoms with Crippen LogP contribution in [0, 0.1) is 5.92 Å². The molecule has 1 saturated heterocycles. The largest absolute Gasteiger partial charge is 0.352 e. The van der Waals surface area contributed by atoms with Crippen molar-refractivity contribution in [3.8, 4) is 0 Å². The molecule has 2 aliphatic rings. The first-order valence-corrected chi connectivity index (χ1v) is 8.51. The van der Waals surface area contributed by atoms with Gasteiger partial charge in [0.05, 0.1) is 12.6 Å². The van der Waals surface area contributed by atoms with E-state index < -0.39 is 6.04 Å². The van der Waals surface area contributed by atoms with Crippen LogP contribution in [0.1, 0.15) is 39.5 Å². The number of nitrogens with two attached hydrogens (primary N) is 1. The lowest BCUT2D eigenvalue weighted by molar-refractivity contribution is -0.134. The minimum absolute atomic E-state index is 0. The van der Waals surface area contributed by atoms with Crippen LogP contribution in [0.5, 0.6) is 0 Å². The van der Waals surface area contributed by atoms with Crippen molar-refractivity contribution < 1.29 is 9.59 Å². The molecule has 3 N–H and O–H groups in total. The minimum Gasteiger partial charge on any atom is -0.352 e. The monoisotopic (exact) mass is 382 g/mol. The predicted octanol–water partition coefficient (Wildman–Crippen LogP) is 1.02. The van der Waals surface area contributed by atoms with Gasteiger partial charge in [-0.05, 0) is 25.7 Å². The topological polar surface area (TPSA) is 78.7 Å². The summed E-state index contributed by atoms with van der Waals surface area (Å²) < 4.78 is 0. The molecule has 6 nitrogen and oxygen atoms in total. The van der Waals surface area contributed by atoms with Crippen LogP contribution in [0.2, 0.25) is 0 Å². The first kappa shape index (κ1) is 23.4. The fourth-order valence-electron chi connectivity index (χ4n) is 3.46. The summed E-state index contributed by atoms with van der Waals surface area (Å²) in [6.07, 6.45) is 4.70. The lowest BCUT2D eigenvalue weighted by atomic mass is 9.87. The number of halogens is 2. The van der Waals surface area contributed by atoms with Crippen LogP contribution in [0.15, 0.2) is 0 Å². The molecule has 2 rings (SSSR count). The molecule has 24 heavy (non-hydrogen) atoms. The molecular weight excluding hydrogens is 351 g/mol. The van der Waals surface area contributed by atoms with E-state index in [0.717, 1.165) is 25.9 Å². The number of hydrogen-bond acceptors (Lipinski definition) is 4. The second-order valence-electron chi connectivity index (χ2n) is 6.93. The van der Waals surface area contributed by atoms with Gasteiger partial charge in [0.1, 0.15) is 0 Å². The van der Waals surface area contributed by atoms with E-state index in [0.29, 0.717) is 31.6 Å². The van der Waals surface area contributed by atoms with Crippen LogP contribution in [0.25, 0.3) is 0 Å². The minimum atomic E-state index is -0.442. The van der Waals surface area contributed by atoms with Gasteiger partial charge in [-0.15, -0.1) is 24.8 Å². The maximum absolute atomic E-state index is 12.2. The van der Waals surface area contributed by atoms with Gasteiger partial charge in [-0.25, -0.2) is 0 Å². The van der Waals surface area contributed by atoms with Crippen molar-refractivity contribution in [3.63, 3.8) is 0 Å². The number of piperazine rings is 1. The summed E-state index contributed by atoms with van der Waals surface area (Å²) in [5, 5.41) is 3.17. The summed E-state index contributed by atoms with van der Waals surface area (Å²) >= 11 is 0. The van der Waals surface area contributed by atoms with Crippen molar-refractivity contribution in [2.24, 2.45) is 11.7 Å². The molecule has 1 aliphatic carbocycles. The molecule has 1 saturated carbocycles. The van der Waals surface area contributed by atoms with Gasteiger partial charge in [-0.3, -0.25) is 14.5 Å². The highest BCUT2D eigenvalue weighted by Gasteiger charge is 2.25. The average Bonchev–Trinajstić information content (AvgIpc) is 2.47. The van der Waals surface area contributed by atoms with Crippen molar-refractivity contribution in [1.29, 1.82) is 0 Å². The third kappa shape index (κ3) is 7.13. The average molecular weight is 383 g/mol. The zero-order valence-corrected chi connectivity index (χ0v) is 16.3. The SMILES string of the molecule is CC1CCCC(NC(=O)CN2CCN(C(=O)[C@@H](C)N)CC2)C1.Cl.Cl. The first-order chi connectivity index (χ1) is 10.5. The Balaban J connectivity index is 0.00000264. The van der Waals surface area contributed by atoms with Gasteiger partial charge >= 0.3 is 0 Å². The Kier molecular flexibility index (Phi) is 10.9. The Morgan fingerprint density at radius 1 is 1.17 bits per heavy atom. The van der Waals surface area contributed by atoms with Crippen LogP contribution >= 0.6 is 24.8 Å². The van der Waals surface area contributed by atoms with E-state index in [1.165, 1.54) is 12.8 Å². The molecule has 2 amide bonds. The third-order valence-corrected chi connectivity index (χ3v) is 4.74. The molecule has 1 heterocycles. The molecule has 0 aromatic heterocycles. The molecule has 0 bridgehead atoms. The van der Waals surface area contributed by atoms with E-state index in [4.69, 9.17) is 5.73 Å². The van der Waals surface area contributed by atoms with E-state index in [1.807, 2.05) is 0 Å². The molecule has 2 unspecified atom stereocenters. The van der Waals surface area contributed by atoms with Gasteiger partial charge in [0.15, 0.2) is 0 Å². The Bertz CT molecular complexity index is 402. The maximum Gasteiger partial charge on any atom is 0.239 e. The van der Waals surface area contributed by atoms with E-state index in [1.54, 1.807) is 11.8 Å². The number of hydrogen-bond donors (Lipinski definition) is 2. The number of rotatable bonds is 4. The van der Waals surface area contributed by atoms with E-state index in [-0.39, 0.29) is 36.6 Å². The second kappa shape index (κ2) is 11.1. The van der Waals surface area contributed by atoms with Gasteiger partial charge in [-0.1, -0.05) is 19.8 Å². The number of nitrogens with zero attached hydrogens (tertiary/aromatic N) is 2. The van der Waals surface area contributed by atoms with Crippen LogP contribution in [0.4, 0.5) is 0 Å². The molecule has 1 aliphatic heterocycles. The third-order valence-electron chi connectivity index (χ3n) is 4.74. The Morgan fingerprint density at radius 3 is 2.33 bits per heavy atom. The molecule has 8 heteroatoms. The fraction of sp³-hybridized carbons (Fsp3) is 0.875. The van der Waals surface area contributed by atoms with Crippen LogP contribution in [-0.2, 0) is 9.59 Å². The van der Waals surface area contributed by atoms with E-state index >= 15 is 0 Å². The van der Waals surface area contributed by atoms with Gasteiger partial charge in [-0.2, -0.15) is 0 Å². The number of nitrogens with one attached hydrogen (secondary N) is 1. The number of amides is 2. The normalized spacial score (nSPS) is 25.9. The zero-order chi connectivity index (χ0) is 16.1. The Morgan fingerprint density at radius 2 is 1.79 bits per heavy atom. The van der Waals surface area contributed by atoms with Crippen molar-refractivity contribution in [2.75, 3.05) is 32.7 Å². The van der Waals surface area contributed by atoms with Crippen LogP contribution < -0.4 is 11.1 Å². The molecule has 2 fully saturated rings. The highest BCUT2D eigenvalue weighted by molar-refractivity contribution is 5.85. The standard InChI is InChI=1S/C16H30N4O2.2ClH/c1-12-4-3-5-14(10-12)18-15(21)11-19-6-8-20(9-7-19)16(22)13(2)17;;/h12-14H,3-11,17H2,1-2H3,(H,18,21);2*1H/t12?,13-,14?;;/m1../s1. The van der Waals surface area contributed by atoms with Crippen LogP contribution in [-0.4, -0.2) is 66.4 Å². The van der Waals surface area contributed by atoms with Crippen molar-refractivity contribution in [2.45, 2.75) is 51.6 Å². The van der Waals surface area contributed by atoms with Gasteiger partial charge in [0.2, 0.25) is 11.8 Å². The summed E-state index contributed by atoms with van der Waals surface area (Å²) in [5.74, 6) is 0.832. The number of carbonyl (C=O) groups is 2. The van der Waals surface area contributed by atoms with E-state index in [2.05, 4.69) is 17.1 Å². The molecule has 0 radical (unpaired) electrons. The molecule has 142 valence electrons. The van der Waals surface area contributed by atoms with Crippen molar-refractivity contribution in [1.82, 2.24) is 15.1 Å². The lowest BCUT2D eigenvalue weighted by Gasteiger charge is -2.35. The highest BCUT2D eigenvalue weighted by Crippen LogP contribution is 2.23. The first-order valence-electron chi connectivity index (χ1n) is 8.51. The summed E-state index contributed by atoms with van der Waals surface area (Å²) in [6.45, 7) is 7.22. The summed E-state index contributed by atoms with van der Waals surface area (Å²) in [6, 6.07) is -0.0969. The summed E-state index contributed by atoms with van der Waals surface area (Å²) in [7, 11) is 0. The zero-order valence-electron chi connectivity index (χ0n) is 14.7. The number of carbonyl (C=O) groups excluding carboxylic acids is 2. The highest BCUT2D eigenvalue weighted by atomic mass is 35.5. The predicted molar refractivity (Wildman–Crippen MR) is 101 cm³/mol. The molecular formula is C16H32Cl2N4O2. The Hall–Kier alpha value is -0.560. The molecule has 3 atom stereocenters. The maximum atomic E-state index is 12.2. The van der Waals surface area contributed by atoms with Gasteiger partial charge in [0, 0.05) is 32.2 Å². The fourth-order valence-corrected chi connectivity index (χ4v) is 3.46. The quantitative estimate of drug-likeness (QED) is 0.760. The Labute approximate surface area is 157 Å². The second-order valence-corrected chi connectivity index (χ2v) is 6.93. The molecule has 0 aromatic rings. The van der Waals surface area contributed by atoms with Crippen molar-refractivity contribution >= 4 is 36.6 Å². The lowest BCUT2D eigenvalue weighted by Crippen LogP contribution is -2.54.